The second-order valence-electron chi connectivity index (χ2n) is 8.61. The van der Waals surface area contributed by atoms with Gasteiger partial charge in [-0.3, -0.25) is 10.1 Å². The third kappa shape index (κ3) is 4.80. The van der Waals surface area contributed by atoms with Crippen LogP contribution in [0.3, 0.4) is 0 Å². The fourth-order valence-corrected chi connectivity index (χ4v) is 4.24. The van der Waals surface area contributed by atoms with Crippen molar-refractivity contribution in [1.29, 1.82) is 0 Å². The molecule has 34 heavy (non-hydrogen) atoms. The van der Waals surface area contributed by atoms with Crippen LogP contribution >= 0.6 is 0 Å². The van der Waals surface area contributed by atoms with Gasteiger partial charge in [-0.25, -0.2) is 9.59 Å². The molecule has 2 aromatic carbocycles. The molecule has 0 aliphatic heterocycles. The van der Waals surface area contributed by atoms with Crippen molar-refractivity contribution in [1.82, 2.24) is 5.32 Å². The quantitative estimate of drug-likeness (QED) is 0.440. The lowest BCUT2D eigenvalue weighted by molar-refractivity contribution is -0.139. The van der Waals surface area contributed by atoms with Crippen molar-refractivity contribution in [3.63, 3.8) is 0 Å². The van der Waals surface area contributed by atoms with E-state index in [-0.39, 0.29) is 36.3 Å². The average molecular weight is 463 g/mol. The molecule has 1 heterocycles. The van der Waals surface area contributed by atoms with E-state index >= 15 is 0 Å². The van der Waals surface area contributed by atoms with E-state index in [1.54, 1.807) is 0 Å². The molecular formula is C26H26N2O6. The summed E-state index contributed by atoms with van der Waals surface area (Å²) in [6, 6.07) is 16.4. The summed E-state index contributed by atoms with van der Waals surface area (Å²) in [6.45, 7) is 3.84. The van der Waals surface area contributed by atoms with Gasteiger partial charge in [0.1, 0.15) is 12.6 Å². The van der Waals surface area contributed by atoms with Crippen LogP contribution in [-0.4, -0.2) is 35.7 Å². The molecule has 0 saturated heterocycles. The first-order valence-electron chi connectivity index (χ1n) is 11.1. The van der Waals surface area contributed by atoms with E-state index in [0.29, 0.717) is 0 Å². The number of hydrogen-bond acceptors (Lipinski definition) is 5. The second kappa shape index (κ2) is 9.82. The van der Waals surface area contributed by atoms with Gasteiger partial charge in [0, 0.05) is 12.0 Å². The maximum absolute atomic E-state index is 12.6. The number of hydrogen-bond donors (Lipinski definition) is 3. The van der Waals surface area contributed by atoms with Crippen LogP contribution < -0.4 is 10.6 Å². The highest BCUT2D eigenvalue weighted by Crippen LogP contribution is 2.44. The van der Waals surface area contributed by atoms with Gasteiger partial charge in [-0.15, -0.1) is 0 Å². The number of carboxylic acid groups (broad SMARTS) is 1. The molecule has 0 spiro atoms. The van der Waals surface area contributed by atoms with Crippen molar-refractivity contribution >= 4 is 23.7 Å². The van der Waals surface area contributed by atoms with Crippen LogP contribution in [0.15, 0.2) is 65.3 Å². The van der Waals surface area contributed by atoms with E-state index in [4.69, 9.17) is 9.15 Å². The highest BCUT2D eigenvalue weighted by atomic mass is 16.5. The molecule has 8 heteroatoms. The van der Waals surface area contributed by atoms with Crippen molar-refractivity contribution in [2.45, 2.75) is 32.2 Å². The van der Waals surface area contributed by atoms with E-state index < -0.39 is 24.0 Å². The number of benzene rings is 2. The summed E-state index contributed by atoms with van der Waals surface area (Å²) in [5, 5.41) is 14.3. The Kier molecular flexibility index (Phi) is 6.67. The van der Waals surface area contributed by atoms with E-state index in [0.717, 1.165) is 22.3 Å². The number of carbonyl (C=O) groups is 3. The molecule has 2 amide bonds. The van der Waals surface area contributed by atoms with Crippen LogP contribution in [0.25, 0.3) is 11.1 Å². The molecule has 3 aromatic rings. The summed E-state index contributed by atoms with van der Waals surface area (Å²) in [7, 11) is 0. The lowest BCUT2D eigenvalue weighted by Crippen LogP contribution is -2.41. The third-order valence-corrected chi connectivity index (χ3v) is 5.76. The zero-order valence-electron chi connectivity index (χ0n) is 18.9. The van der Waals surface area contributed by atoms with Gasteiger partial charge in [0.25, 0.3) is 5.91 Å². The van der Waals surface area contributed by atoms with Crippen molar-refractivity contribution < 1.29 is 28.6 Å². The van der Waals surface area contributed by atoms with Gasteiger partial charge in [0.2, 0.25) is 5.76 Å². The van der Waals surface area contributed by atoms with Crippen molar-refractivity contribution in [2.24, 2.45) is 5.92 Å². The number of rotatable bonds is 8. The number of amides is 2. The Morgan fingerprint density at radius 2 is 1.62 bits per heavy atom. The second-order valence-corrected chi connectivity index (χ2v) is 8.61. The molecular weight excluding hydrogens is 436 g/mol. The zero-order chi connectivity index (χ0) is 24.2. The Labute approximate surface area is 196 Å². The molecule has 3 N–H and O–H groups in total. The molecule has 0 radical (unpaired) electrons. The number of fused-ring (bicyclic) bond motifs is 3. The summed E-state index contributed by atoms with van der Waals surface area (Å²) in [6.07, 6.45) is 0.762. The van der Waals surface area contributed by atoms with Crippen molar-refractivity contribution in [2.75, 3.05) is 11.9 Å². The molecule has 0 unspecified atom stereocenters. The number of carboxylic acids is 1. The van der Waals surface area contributed by atoms with Crippen LogP contribution in [0.5, 0.6) is 0 Å². The fourth-order valence-electron chi connectivity index (χ4n) is 4.24. The van der Waals surface area contributed by atoms with Gasteiger partial charge in [-0.1, -0.05) is 62.4 Å². The molecule has 0 fully saturated rings. The Morgan fingerprint density at radius 1 is 1.00 bits per heavy atom. The summed E-state index contributed by atoms with van der Waals surface area (Å²) in [4.78, 5) is 36.6. The average Bonchev–Trinajstić information content (AvgIpc) is 3.39. The highest BCUT2D eigenvalue weighted by molar-refractivity contribution is 6.01. The molecule has 0 bridgehead atoms. The summed E-state index contributed by atoms with van der Waals surface area (Å²) >= 11 is 0. The largest absolute Gasteiger partial charge is 0.480 e. The molecule has 1 aliphatic rings. The van der Waals surface area contributed by atoms with Gasteiger partial charge in [-0.05, 0) is 34.6 Å². The van der Waals surface area contributed by atoms with Crippen molar-refractivity contribution in [3.8, 4) is 11.1 Å². The first kappa shape index (κ1) is 23.1. The van der Waals surface area contributed by atoms with Gasteiger partial charge in [0.05, 0.1) is 12.0 Å². The van der Waals surface area contributed by atoms with Crippen LogP contribution in [-0.2, 0) is 9.53 Å². The summed E-state index contributed by atoms with van der Waals surface area (Å²) < 4.78 is 10.7. The fraction of sp³-hybridized carbons (Fsp3) is 0.269. The maximum Gasteiger partial charge on any atom is 0.411 e. The standard InChI is InChI=1S/C26H26N2O6/c1-15(2)13-22(25(30)31)27-24(29)23-21(11-12-33-23)28-26(32)34-14-20-18-9-5-3-7-16(18)17-8-4-6-10-19(17)20/h3-12,15,20,22H,13-14H2,1-2H3,(H,27,29)(H,28,32)(H,30,31)/t22-/m0/s1. The Balaban J connectivity index is 1.41. The first-order valence-corrected chi connectivity index (χ1v) is 11.1. The van der Waals surface area contributed by atoms with E-state index in [2.05, 4.69) is 10.6 Å². The lowest BCUT2D eigenvalue weighted by atomic mass is 9.98. The monoisotopic (exact) mass is 462 g/mol. The van der Waals surface area contributed by atoms with Gasteiger partial charge in [0.15, 0.2) is 0 Å². The van der Waals surface area contributed by atoms with Gasteiger partial charge in [-0.2, -0.15) is 0 Å². The minimum atomic E-state index is -1.14. The number of carbonyl (C=O) groups excluding carboxylic acids is 2. The molecule has 176 valence electrons. The van der Waals surface area contributed by atoms with E-state index in [1.165, 1.54) is 12.3 Å². The van der Waals surface area contributed by atoms with Crippen LogP contribution in [0.2, 0.25) is 0 Å². The molecule has 8 nitrogen and oxygen atoms in total. The molecule has 4 rings (SSSR count). The smallest absolute Gasteiger partial charge is 0.411 e. The van der Waals surface area contributed by atoms with Crippen LogP contribution in [0, 0.1) is 5.92 Å². The van der Waals surface area contributed by atoms with E-state index in [9.17, 15) is 19.5 Å². The van der Waals surface area contributed by atoms with Crippen molar-refractivity contribution in [3.05, 3.63) is 77.7 Å². The summed E-state index contributed by atoms with van der Waals surface area (Å²) in [5.41, 5.74) is 4.52. The number of furan rings is 1. The first-order chi connectivity index (χ1) is 16.3. The van der Waals surface area contributed by atoms with Gasteiger partial charge < -0.3 is 19.6 Å². The van der Waals surface area contributed by atoms with Gasteiger partial charge >= 0.3 is 12.1 Å². The van der Waals surface area contributed by atoms with Crippen LogP contribution in [0.4, 0.5) is 10.5 Å². The predicted molar refractivity (Wildman–Crippen MR) is 126 cm³/mol. The normalized spacial score (nSPS) is 13.1. The van der Waals surface area contributed by atoms with E-state index in [1.807, 2.05) is 62.4 Å². The Hall–Kier alpha value is -4.07. The SMILES string of the molecule is CC(C)C[C@H](NC(=O)c1occc1NC(=O)OCC1c2ccccc2-c2ccccc21)C(=O)O. The summed E-state index contributed by atoms with van der Waals surface area (Å²) in [5.74, 6) is -2.09. The minimum absolute atomic E-state index is 0.0661. The number of anilines is 1. The predicted octanol–water partition coefficient (Wildman–Crippen LogP) is 4.87. The number of nitrogens with one attached hydrogen (secondary N) is 2. The minimum Gasteiger partial charge on any atom is -0.480 e. The topological polar surface area (TPSA) is 118 Å². The van der Waals surface area contributed by atoms with Crippen LogP contribution in [0.1, 0.15) is 47.9 Å². The zero-order valence-corrected chi connectivity index (χ0v) is 18.9. The molecule has 1 aliphatic carbocycles. The third-order valence-electron chi connectivity index (χ3n) is 5.76. The maximum atomic E-state index is 12.6. The Morgan fingerprint density at radius 3 is 2.21 bits per heavy atom. The number of ether oxygens (including phenoxy) is 1. The Bertz CT molecular complexity index is 1170. The highest BCUT2D eigenvalue weighted by Gasteiger charge is 2.30. The number of aliphatic carboxylic acids is 1. The molecule has 1 atom stereocenters. The molecule has 0 saturated carbocycles. The molecule has 1 aromatic heterocycles. The lowest BCUT2D eigenvalue weighted by Gasteiger charge is -2.16.